The van der Waals surface area contributed by atoms with Crippen LogP contribution in [0.4, 0.5) is 0 Å². The van der Waals surface area contributed by atoms with E-state index >= 15 is 0 Å². The standard InChI is InChI=1S/C17H27NS/c1-17(2,3)14-7-5-13(6-8-14)12-18-15-9-10-16(11-15)19-4/h5-8,15-16,18H,9-12H2,1-4H3. The number of thioether (sulfide) groups is 1. The molecule has 0 aromatic heterocycles. The zero-order chi connectivity index (χ0) is 13.9. The molecule has 19 heavy (non-hydrogen) atoms. The van der Waals surface area contributed by atoms with Gasteiger partial charge in [-0.1, -0.05) is 45.0 Å². The van der Waals surface area contributed by atoms with Crippen molar-refractivity contribution in [1.82, 2.24) is 5.32 Å². The van der Waals surface area contributed by atoms with Gasteiger partial charge in [0.15, 0.2) is 0 Å². The first-order valence-corrected chi connectivity index (χ1v) is 8.63. The Morgan fingerprint density at radius 3 is 2.37 bits per heavy atom. The third-order valence-corrected chi connectivity index (χ3v) is 5.23. The summed E-state index contributed by atoms with van der Waals surface area (Å²) in [5.74, 6) is 0. The Labute approximate surface area is 122 Å². The van der Waals surface area contributed by atoms with Crippen LogP contribution in [0.2, 0.25) is 0 Å². The molecule has 0 radical (unpaired) electrons. The van der Waals surface area contributed by atoms with E-state index in [2.05, 4.69) is 56.6 Å². The van der Waals surface area contributed by atoms with Gasteiger partial charge in [-0.15, -0.1) is 0 Å². The maximum atomic E-state index is 3.71. The van der Waals surface area contributed by atoms with Crippen LogP contribution in [-0.4, -0.2) is 17.5 Å². The van der Waals surface area contributed by atoms with Gasteiger partial charge in [-0.05, 0) is 42.1 Å². The van der Waals surface area contributed by atoms with Crippen molar-refractivity contribution in [2.45, 2.75) is 63.3 Å². The molecule has 0 saturated heterocycles. The van der Waals surface area contributed by atoms with Gasteiger partial charge in [-0.2, -0.15) is 11.8 Å². The first kappa shape index (κ1) is 14.9. The molecule has 0 bridgehead atoms. The van der Waals surface area contributed by atoms with Crippen molar-refractivity contribution in [2.75, 3.05) is 6.26 Å². The molecule has 0 heterocycles. The fraction of sp³-hybridized carbons (Fsp3) is 0.647. The van der Waals surface area contributed by atoms with Crippen LogP contribution in [0.1, 0.15) is 51.2 Å². The molecule has 2 unspecified atom stereocenters. The highest BCUT2D eigenvalue weighted by Crippen LogP contribution is 2.28. The third kappa shape index (κ3) is 4.25. The van der Waals surface area contributed by atoms with Crippen molar-refractivity contribution in [3.63, 3.8) is 0 Å². The molecule has 1 fully saturated rings. The van der Waals surface area contributed by atoms with Gasteiger partial charge in [0.25, 0.3) is 0 Å². The van der Waals surface area contributed by atoms with Crippen molar-refractivity contribution < 1.29 is 0 Å². The maximum Gasteiger partial charge on any atom is 0.0208 e. The maximum absolute atomic E-state index is 3.71. The summed E-state index contributed by atoms with van der Waals surface area (Å²) in [5.41, 5.74) is 3.07. The van der Waals surface area contributed by atoms with Gasteiger partial charge in [0.1, 0.15) is 0 Å². The first-order chi connectivity index (χ1) is 8.99. The number of hydrogen-bond donors (Lipinski definition) is 1. The highest BCUT2D eigenvalue weighted by molar-refractivity contribution is 7.99. The second-order valence-corrected chi connectivity index (χ2v) is 7.83. The molecule has 1 N–H and O–H groups in total. The smallest absolute Gasteiger partial charge is 0.0208 e. The molecule has 0 amide bonds. The Bertz CT molecular complexity index is 391. The van der Waals surface area contributed by atoms with Crippen LogP contribution >= 0.6 is 11.8 Å². The fourth-order valence-corrected chi connectivity index (χ4v) is 3.52. The minimum atomic E-state index is 0.253. The molecule has 0 spiro atoms. The molecular formula is C17H27NS. The zero-order valence-electron chi connectivity index (χ0n) is 12.7. The number of rotatable bonds is 4. The molecule has 2 atom stereocenters. The molecule has 2 heteroatoms. The second kappa shape index (κ2) is 6.32. The van der Waals surface area contributed by atoms with E-state index in [4.69, 9.17) is 0 Å². The van der Waals surface area contributed by atoms with Gasteiger partial charge < -0.3 is 5.32 Å². The molecular weight excluding hydrogens is 250 g/mol. The Morgan fingerprint density at radius 2 is 1.84 bits per heavy atom. The summed E-state index contributed by atoms with van der Waals surface area (Å²) in [6.07, 6.45) is 6.28. The van der Waals surface area contributed by atoms with Crippen LogP contribution in [0.5, 0.6) is 0 Å². The molecule has 106 valence electrons. The lowest BCUT2D eigenvalue weighted by molar-refractivity contribution is 0.524. The summed E-state index contributed by atoms with van der Waals surface area (Å²) in [6, 6.07) is 9.82. The van der Waals surface area contributed by atoms with E-state index in [-0.39, 0.29) is 5.41 Å². The Kier molecular flexibility index (Phi) is 4.97. The van der Waals surface area contributed by atoms with E-state index in [1.807, 2.05) is 11.8 Å². The zero-order valence-corrected chi connectivity index (χ0v) is 13.5. The first-order valence-electron chi connectivity index (χ1n) is 7.34. The third-order valence-electron chi connectivity index (χ3n) is 4.13. The minimum absolute atomic E-state index is 0.253. The van der Waals surface area contributed by atoms with Crippen LogP contribution in [0.15, 0.2) is 24.3 Å². The summed E-state index contributed by atoms with van der Waals surface area (Å²) < 4.78 is 0. The fourth-order valence-electron chi connectivity index (χ4n) is 2.72. The van der Waals surface area contributed by atoms with Crippen molar-refractivity contribution in [3.8, 4) is 0 Å². The number of hydrogen-bond acceptors (Lipinski definition) is 2. The molecule has 1 aliphatic rings. The molecule has 1 aromatic rings. The van der Waals surface area contributed by atoms with Crippen LogP contribution < -0.4 is 5.32 Å². The lowest BCUT2D eigenvalue weighted by Gasteiger charge is -2.19. The Balaban J connectivity index is 1.84. The van der Waals surface area contributed by atoms with E-state index in [0.717, 1.165) is 17.8 Å². The predicted octanol–water partition coefficient (Wildman–Crippen LogP) is 4.36. The monoisotopic (exact) mass is 277 g/mol. The van der Waals surface area contributed by atoms with Gasteiger partial charge in [0.05, 0.1) is 0 Å². The minimum Gasteiger partial charge on any atom is -0.310 e. The number of benzene rings is 1. The summed E-state index contributed by atoms with van der Waals surface area (Å²) in [4.78, 5) is 0. The van der Waals surface area contributed by atoms with E-state index < -0.39 is 0 Å². The molecule has 1 nitrogen and oxygen atoms in total. The SMILES string of the molecule is CSC1CCC(NCc2ccc(C(C)(C)C)cc2)C1. The van der Waals surface area contributed by atoms with Crippen molar-refractivity contribution >= 4 is 11.8 Å². The van der Waals surface area contributed by atoms with Crippen molar-refractivity contribution in [2.24, 2.45) is 0 Å². The van der Waals surface area contributed by atoms with Crippen LogP contribution in [0.25, 0.3) is 0 Å². The lowest BCUT2D eigenvalue weighted by Crippen LogP contribution is -2.26. The topological polar surface area (TPSA) is 12.0 Å². The summed E-state index contributed by atoms with van der Waals surface area (Å²) in [6.45, 7) is 7.81. The molecule has 1 saturated carbocycles. The van der Waals surface area contributed by atoms with Gasteiger partial charge >= 0.3 is 0 Å². The quantitative estimate of drug-likeness (QED) is 0.877. The molecule has 1 aromatic carbocycles. The molecule has 1 aliphatic carbocycles. The molecule has 0 aliphatic heterocycles. The van der Waals surface area contributed by atoms with Gasteiger partial charge in [-0.3, -0.25) is 0 Å². The molecule has 2 rings (SSSR count). The van der Waals surface area contributed by atoms with Crippen LogP contribution in [0, 0.1) is 0 Å². The van der Waals surface area contributed by atoms with Gasteiger partial charge in [0, 0.05) is 17.8 Å². The Hall–Kier alpha value is -0.470. The van der Waals surface area contributed by atoms with E-state index in [1.54, 1.807) is 0 Å². The summed E-state index contributed by atoms with van der Waals surface area (Å²) in [7, 11) is 0. The van der Waals surface area contributed by atoms with E-state index in [0.29, 0.717) is 0 Å². The van der Waals surface area contributed by atoms with Crippen molar-refractivity contribution in [3.05, 3.63) is 35.4 Å². The van der Waals surface area contributed by atoms with Crippen LogP contribution in [0.3, 0.4) is 0 Å². The van der Waals surface area contributed by atoms with Crippen molar-refractivity contribution in [1.29, 1.82) is 0 Å². The van der Waals surface area contributed by atoms with E-state index in [1.165, 1.54) is 30.4 Å². The Morgan fingerprint density at radius 1 is 1.16 bits per heavy atom. The predicted molar refractivity (Wildman–Crippen MR) is 86.9 cm³/mol. The second-order valence-electron chi connectivity index (χ2n) is 6.70. The average Bonchev–Trinajstić information content (AvgIpc) is 2.84. The van der Waals surface area contributed by atoms with Gasteiger partial charge in [0.2, 0.25) is 0 Å². The largest absolute Gasteiger partial charge is 0.310 e. The number of nitrogens with one attached hydrogen (secondary N) is 1. The highest BCUT2D eigenvalue weighted by Gasteiger charge is 2.23. The van der Waals surface area contributed by atoms with Crippen LogP contribution in [-0.2, 0) is 12.0 Å². The normalized spacial score (nSPS) is 23.8. The van der Waals surface area contributed by atoms with E-state index in [9.17, 15) is 0 Å². The van der Waals surface area contributed by atoms with Gasteiger partial charge in [-0.25, -0.2) is 0 Å². The average molecular weight is 277 g/mol. The summed E-state index contributed by atoms with van der Waals surface area (Å²) in [5, 5.41) is 4.58. The lowest BCUT2D eigenvalue weighted by atomic mass is 9.87. The summed E-state index contributed by atoms with van der Waals surface area (Å²) >= 11 is 2.02. The highest BCUT2D eigenvalue weighted by atomic mass is 32.2.